The lowest BCUT2D eigenvalue weighted by Crippen LogP contribution is -2.11. The second-order valence-corrected chi connectivity index (χ2v) is 2.99. The van der Waals surface area contributed by atoms with E-state index in [2.05, 4.69) is 0 Å². The van der Waals surface area contributed by atoms with Gasteiger partial charge in [0, 0.05) is 12.5 Å². The van der Waals surface area contributed by atoms with Gasteiger partial charge in [-0.25, -0.2) is 4.79 Å². The number of carboxylic acid groups (broad SMARTS) is 1. The van der Waals surface area contributed by atoms with Crippen molar-refractivity contribution in [2.45, 2.75) is 39.2 Å². The van der Waals surface area contributed by atoms with Crippen molar-refractivity contribution in [2.75, 3.05) is 0 Å². The molecule has 14 heavy (non-hydrogen) atoms. The summed E-state index contributed by atoms with van der Waals surface area (Å²) in [6, 6.07) is 0. The molecule has 0 aromatic carbocycles. The van der Waals surface area contributed by atoms with E-state index in [1.807, 2.05) is 13.8 Å². The number of hydrogen-bond donors (Lipinski definition) is 1. The number of aliphatic carboxylic acids is 1. The topological polar surface area (TPSA) is 63.6 Å². The Balaban J connectivity index is 3.66. The van der Waals surface area contributed by atoms with Gasteiger partial charge in [0.25, 0.3) is 0 Å². The normalized spacial score (nSPS) is 12.7. The van der Waals surface area contributed by atoms with Gasteiger partial charge < -0.3 is 9.84 Å². The third-order valence-corrected chi connectivity index (χ3v) is 1.67. The van der Waals surface area contributed by atoms with Crippen LogP contribution in [0.3, 0.4) is 0 Å². The molecule has 0 saturated heterocycles. The van der Waals surface area contributed by atoms with Crippen LogP contribution in [0.15, 0.2) is 12.2 Å². The summed E-state index contributed by atoms with van der Waals surface area (Å²) in [4.78, 5) is 21.1. The summed E-state index contributed by atoms with van der Waals surface area (Å²) in [6.07, 6.45) is 3.85. The summed E-state index contributed by atoms with van der Waals surface area (Å²) >= 11 is 0. The third-order valence-electron chi connectivity index (χ3n) is 1.67. The maximum Gasteiger partial charge on any atom is 0.330 e. The standard InChI is InChI=1S/C10H16O4/c1-3-8(2)14-10(13)7-5-4-6-9(11)12/h5,7-8H,3-4,6H2,1-2H3,(H,11,12). The summed E-state index contributed by atoms with van der Waals surface area (Å²) in [5.41, 5.74) is 0. The van der Waals surface area contributed by atoms with Gasteiger partial charge in [-0.05, 0) is 19.8 Å². The van der Waals surface area contributed by atoms with E-state index in [0.29, 0.717) is 6.42 Å². The van der Waals surface area contributed by atoms with Crippen LogP contribution in [0.1, 0.15) is 33.1 Å². The molecule has 0 aromatic heterocycles. The summed E-state index contributed by atoms with van der Waals surface area (Å²) in [6.45, 7) is 3.73. The minimum Gasteiger partial charge on any atom is -0.481 e. The van der Waals surface area contributed by atoms with E-state index in [1.165, 1.54) is 12.2 Å². The Morgan fingerprint density at radius 3 is 2.64 bits per heavy atom. The lowest BCUT2D eigenvalue weighted by atomic mass is 10.3. The highest BCUT2D eigenvalue weighted by Gasteiger charge is 2.02. The number of rotatable bonds is 6. The molecule has 4 nitrogen and oxygen atoms in total. The minimum absolute atomic E-state index is 0.0348. The summed E-state index contributed by atoms with van der Waals surface area (Å²) in [5.74, 6) is -1.28. The van der Waals surface area contributed by atoms with E-state index in [-0.39, 0.29) is 12.5 Å². The van der Waals surface area contributed by atoms with Crippen molar-refractivity contribution >= 4 is 11.9 Å². The zero-order valence-electron chi connectivity index (χ0n) is 8.53. The fourth-order valence-corrected chi connectivity index (χ4v) is 0.707. The first kappa shape index (κ1) is 12.7. The van der Waals surface area contributed by atoms with Crippen LogP contribution in [0.25, 0.3) is 0 Å². The summed E-state index contributed by atoms with van der Waals surface area (Å²) < 4.78 is 4.93. The van der Waals surface area contributed by atoms with Crippen LogP contribution in [0, 0.1) is 0 Å². The van der Waals surface area contributed by atoms with E-state index in [4.69, 9.17) is 9.84 Å². The van der Waals surface area contributed by atoms with Crippen LogP contribution in [0.4, 0.5) is 0 Å². The quantitative estimate of drug-likeness (QED) is 0.524. The molecule has 80 valence electrons. The van der Waals surface area contributed by atoms with Crippen LogP contribution in [-0.2, 0) is 14.3 Å². The molecule has 4 heteroatoms. The highest BCUT2D eigenvalue weighted by atomic mass is 16.5. The fraction of sp³-hybridized carbons (Fsp3) is 0.600. The van der Waals surface area contributed by atoms with Crippen LogP contribution >= 0.6 is 0 Å². The lowest BCUT2D eigenvalue weighted by Gasteiger charge is -2.07. The van der Waals surface area contributed by atoms with Gasteiger partial charge in [-0.1, -0.05) is 13.0 Å². The van der Waals surface area contributed by atoms with Crippen molar-refractivity contribution in [3.8, 4) is 0 Å². The van der Waals surface area contributed by atoms with Gasteiger partial charge >= 0.3 is 11.9 Å². The number of carbonyl (C=O) groups is 2. The van der Waals surface area contributed by atoms with Gasteiger partial charge in [-0.3, -0.25) is 4.79 Å². The molecular weight excluding hydrogens is 184 g/mol. The second-order valence-electron chi connectivity index (χ2n) is 2.99. The molecule has 0 amide bonds. The van der Waals surface area contributed by atoms with Crippen molar-refractivity contribution in [1.29, 1.82) is 0 Å². The van der Waals surface area contributed by atoms with E-state index in [1.54, 1.807) is 0 Å². The largest absolute Gasteiger partial charge is 0.481 e. The first-order valence-corrected chi connectivity index (χ1v) is 4.65. The van der Waals surface area contributed by atoms with E-state index in [9.17, 15) is 9.59 Å². The van der Waals surface area contributed by atoms with Crippen molar-refractivity contribution in [3.05, 3.63) is 12.2 Å². The number of carbonyl (C=O) groups excluding carboxylic acids is 1. The Labute approximate surface area is 83.6 Å². The van der Waals surface area contributed by atoms with Crippen molar-refractivity contribution in [2.24, 2.45) is 0 Å². The van der Waals surface area contributed by atoms with Crippen LogP contribution < -0.4 is 0 Å². The van der Waals surface area contributed by atoms with Crippen molar-refractivity contribution in [1.82, 2.24) is 0 Å². The zero-order valence-corrected chi connectivity index (χ0v) is 8.53. The maximum absolute atomic E-state index is 11.0. The molecule has 1 N–H and O–H groups in total. The molecular formula is C10H16O4. The third kappa shape index (κ3) is 7.34. The number of carboxylic acids is 1. The smallest absolute Gasteiger partial charge is 0.330 e. The SMILES string of the molecule is CCC(C)OC(=O)C=CCCC(=O)O. The second kappa shape index (κ2) is 7.12. The fourth-order valence-electron chi connectivity index (χ4n) is 0.707. The molecule has 0 bridgehead atoms. The number of allylic oxidation sites excluding steroid dienone is 1. The monoisotopic (exact) mass is 200 g/mol. The first-order valence-electron chi connectivity index (χ1n) is 4.65. The Morgan fingerprint density at radius 1 is 1.50 bits per heavy atom. The molecule has 0 aliphatic carbocycles. The average molecular weight is 200 g/mol. The number of ether oxygens (including phenoxy) is 1. The summed E-state index contributed by atoms with van der Waals surface area (Å²) in [5, 5.41) is 8.31. The molecule has 1 unspecified atom stereocenters. The first-order chi connectivity index (χ1) is 6.56. The molecule has 0 saturated carbocycles. The Morgan fingerprint density at radius 2 is 2.14 bits per heavy atom. The highest BCUT2D eigenvalue weighted by molar-refractivity contribution is 5.82. The van der Waals surface area contributed by atoms with Gasteiger partial charge in [0.1, 0.15) is 0 Å². The van der Waals surface area contributed by atoms with Gasteiger partial charge in [-0.15, -0.1) is 0 Å². The molecule has 0 heterocycles. The predicted octanol–water partition coefficient (Wildman–Crippen LogP) is 1.75. The van der Waals surface area contributed by atoms with Crippen LogP contribution in [-0.4, -0.2) is 23.1 Å². The maximum atomic E-state index is 11.0. The van der Waals surface area contributed by atoms with Crippen molar-refractivity contribution in [3.63, 3.8) is 0 Å². The van der Waals surface area contributed by atoms with Crippen molar-refractivity contribution < 1.29 is 19.4 Å². The Bertz CT molecular complexity index is 220. The van der Waals surface area contributed by atoms with Crippen LogP contribution in [0.2, 0.25) is 0 Å². The number of hydrogen-bond acceptors (Lipinski definition) is 3. The molecule has 0 rings (SSSR count). The molecule has 0 aromatic rings. The number of esters is 1. The van der Waals surface area contributed by atoms with Gasteiger partial charge in [0.15, 0.2) is 0 Å². The molecule has 0 fully saturated rings. The van der Waals surface area contributed by atoms with E-state index >= 15 is 0 Å². The molecule has 0 radical (unpaired) electrons. The summed E-state index contributed by atoms with van der Waals surface area (Å²) in [7, 11) is 0. The molecule has 0 aliphatic heterocycles. The Hall–Kier alpha value is -1.32. The zero-order chi connectivity index (χ0) is 11.0. The minimum atomic E-state index is -0.870. The highest BCUT2D eigenvalue weighted by Crippen LogP contribution is 1.98. The molecule has 0 spiro atoms. The van der Waals surface area contributed by atoms with Crippen LogP contribution in [0.5, 0.6) is 0 Å². The van der Waals surface area contributed by atoms with E-state index < -0.39 is 11.9 Å². The van der Waals surface area contributed by atoms with Gasteiger partial charge in [0.05, 0.1) is 6.10 Å². The molecule has 0 aliphatic rings. The Kier molecular flexibility index (Phi) is 6.45. The van der Waals surface area contributed by atoms with Gasteiger partial charge in [-0.2, -0.15) is 0 Å². The predicted molar refractivity (Wildman–Crippen MR) is 51.9 cm³/mol. The average Bonchev–Trinajstić information content (AvgIpc) is 2.12. The lowest BCUT2D eigenvalue weighted by molar-refractivity contribution is -0.142. The molecule has 1 atom stereocenters. The van der Waals surface area contributed by atoms with Gasteiger partial charge in [0.2, 0.25) is 0 Å². The van der Waals surface area contributed by atoms with E-state index in [0.717, 1.165) is 6.42 Å².